The molecule has 0 N–H and O–H groups in total. The highest BCUT2D eigenvalue weighted by molar-refractivity contribution is 5.82. The Balaban J connectivity index is 0.000000614. The predicted octanol–water partition coefficient (Wildman–Crippen LogP) is 7.64. The van der Waals surface area contributed by atoms with Crippen molar-refractivity contribution in [3.63, 3.8) is 0 Å². The summed E-state index contributed by atoms with van der Waals surface area (Å²) in [6, 6.07) is 19.7. The lowest BCUT2D eigenvalue weighted by molar-refractivity contribution is 0.447. The van der Waals surface area contributed by atoms with Crippen molar-refractivity contribution in [3.05, 3.63) is 71.9 Å². The summed E-state index contributed by atoms with van der Waals surface area (Å²) in [7, 11) is 2.18. The van der Waals surface area contributed by atoms with Gasteiger partial charge in [-0.15, -0.1) is 0 Å². The first-order valence-electron chi connectivity index (χ1n) is 10.5. The average molecular weight is 362 g/mol. The Bertz CT molecular complexity index is 857. The van der Waals surface area contributed by atoms with Gasteiger partial charge in [-0.25, -0.2) is 0 Å². The van der Waals surface area contributed by atoms with Crippen molar-refractivity contribution >= 4 is 0 Å². The van der Waals surface area contributed by atoms with Crippen molar-refractivity contribution in [3.8, 4) is 22.4 Å². The Hall–Kier alpha value is -2.28. The van der Waals surface area contributed by atoms with Crippen LogP contribution in [0, 0.1) is 0 Å². The van der Waals surface area contributed by atoms with Crippen LogP contribution < -0.4 is 0 Å². The van der Waals surface area contributed by atoms with Gasteiger partial charge >= 0.3 is 0 Å². The fourth-order valence-electron chi connectivity index (χ4n) is 4.09. The zero-order valence-corrected chi connectivity index (χ0v) is 18.1. The molecule has 1 aliphatic rings. The maximum Gasteiger partial charge on any atom is 0.0519 e. The summed E-state index contributed by atoms with van der Waals surface area (Å²) >= 11 is 0. The van der Waals surface area contributed by atoms with Gasteiger partial charge in [-0.05, 0) is 34.9 Å². The molecule has 1 heteroatoms. The Kier molecular flexibility index (Phi) is 7.07. The molecule has 0 aliphatic heterocycles. The van der Waals surface area contributed by atoms with Crippen LogP contribution in [0.25, 0.3) is 22.4 Å². The van der Waals surface area contributed by atoms with Crippen LogP contribution in [0.5, 0.6) is 0 Å². The number of hydrogen-bond acceptors (Lipinski definition) is 0. The molecule has 1 atom stereocenters. The molecule has 1 nitrogen and oxygen atoms in total. The molecule has 0 saturated heterocycles. The first kappa shape index (κ1) is 21.0. The number of hydrogen-bond donors (Lipinski definition) is 0. The fraction of sp³-hybridized carbons (Fsp3) is 0.385. The Labute approximate surface area is 166 Å². The number of rotatable bonds is 2. The quantitative estimate of drug-likeness (QED) is 0.442. The molecule has 1 heterocycles. The van der Waals surface area contributed by atoms with E-state index >= 15 is 0 Å². The Morgan fingerprint density at radius 3 is 2.07 bits per heavy atom. The zero-order valence-electron chi connectivity index (χ0n) is 18.1. The van der Waals surface area contributed by atoms with E-state index in [9.17, 15) is 0 Å². The van der Waals surface area contributed by atoms with E-state index in [4.69, 9.17) is 0 Å². The second-order valence-electron chi connectivity index (χ2n) is 6.98. The summed E-state index contributed by atoms with van der Waals surface area (Å²) in [5, 5.41) is 0. The van der Waals surface area contributed by atoms with Crippen molar-refractivity contribution in [1.29, 1.82) is 0 Å². The van der Waals surface area contributed by atoms with E-state index in [1.807, 2.05) is 27.7 Å². The molecular formula is C26H35N. The van der Waals surface area contributed by atoms with Crippen LogP contribution in [0.15, 0.2) is 60.8 Å². The minimum atomic E-state index is 0.217. The van der Waals surface area contributed by atoms with Crippen molar-refractivity contribution in [1.82, 2.24) is 4.57 Å². The van der Waals surface area contributed by atoms with Gasteiger partial charge in [-0.3, -0.25) is 0 Å². The third-order valence-corrected chi connectivity index (χ3v) is 5.55. The monoisotopic (exact) mass is 361 g/mol. The highest BCUT2D eigenvalue weighted by Crippen LogP contribution is 2.48. The van der Waals surface area contributed by atoms with Crippen molar-refractivity contribution < 1.29 is 0 Å². The first-order valence-corrected chi connectivity index (χ1v) is 10.5. The normalized spacial score (nSPS) is 16.9. The van der Waals surface area contributed by atoms with Crippen molar-refractivity contribution in [2.24, 2.45) is 7.05 Å². The van der Waals surface area contributed by atoms with Gasteiger partial charge in [0.05, 0.1) is 5.69 Å². The molecule has 1 aromatic heterocycles. The van der Waals surface area contributed by atoms with Gasteiger partial charge in [-0.1, -0.05) is 96.1 Å². The number of nitrogens with zero attached hydrogens (tertiary/aromatic N) is 1. The number of aromatic nitrogens is 1. The van der Waals surface area contributed by atoms with Gasteiger partial charge in [0.1, 0.15) is 0 Å². The SMILES string of the molecule is CC.CC.CCC1(C)Cc2c(-c3ccccc3)cn(C)c2-c2ccccc21. The zero-order chi connectivity index (χ0) is 20.0. The fourth-order valence-corrected chi connectivity index (χ4v) is 4.09. The van der Waals surface area contributed by atoms with Crippen LogP contribution >= 0.6 is 0 Å². The molecule has 0 saturated carbocycles. The van der Waals surface area contributed by atoms with Gasteiger partial charge in [0, 0.05) is 24.4 Å². The standard InChI is InChI=1S/C22H23N.2C2H6/c1-4-22(2)14-18-19(16-10-6-5-7-11-16)15-23(3)21(18)17-12-8-9-13-20(17)22;2*1-2/h5-13,15H,4,14H2,1-3H3;2*1-2H3. The number of fused-ring (bicyclic) bond motifs is 3. The van der Waals surface area contributed by atoms with E-state index in [0.717, 1.165) is 12.8 Å². The predicted molar refractivity (Wildman–Crippen MR) is 120 cm³/mol. The lowest BCUT2D eigenvalue weighted by Gasteiger charge is -2.36. The molecule has 0 radical (unpaired) electrons. The van der Waals surface area contributed by atoms with Gasteiger partial charge < -0.3 is 4.57 Å². The molecular weight excluding hydrogens is 326 g/mol. The summed E-state index contributed by atoms with van der Waals surface area (Å²) in [5.41, 5.74) is 8.72. The molecule has 0 bridgehead atoms. The Morgan fingerprint density at radius 2 is 1.44 bits per heavy atom. The second-order valence-corrected chi connectivity index (χ2v) is 6.98. The lowest BCUT2D eigenvalue weighted by atomic mass is 9.68. The highest BCUT2D eigenvalue weighted by Gasteiger charge is 2.36. The van der Waals surface area contributed by atoms with Crippen LogP contribution in [-0.2, 0) is 18.9 Å². The summed E-state index contributed by atoms with van der Waals surface area (Å²) in [6.45, 7) is 12.7. The molecule has 1 aliphatic carbocycles. The van der Waals surface area contributed by atoms with Crippen LogP contribution in [0.1, 0.15) is 59.1 Å². The van der Waals surface area contributed by atoms with E-state index in [0.29, 0.717) is 0 Å². The maximum absolute atomic E-state index is 2.41. The molecule has 0 fully saturated rings. The summed E-state index contributed by atoms with van der Waals surface area (Å²) in [5.74, 6) is 0. The van der Waals surface area contributed by atoms with E-state index in [2.05, 4.69) is 86.3 Å². The van der Waals surface area contributed by atoms with E-state index in [-0.39, 0.29) is 5.41 Å². The number of aryl methyl sites for hydroxylation is 1. The van der Waals surface area contributed by atoms with Gasteiger partial charge in [0.2, 0.25) is 0 Å². The minimum Gasteiger partial charge on any atom is -0.350 e. The topological polar surface area (TPSA) is 4.93 Å². The molecule has 0 amide bonds. The molecule has 144 valence electrons. The van der Waals surface area contributed by atoms with Gasteiger partial charge in [0.25, 0.3) is 0 Å². The summed E-state index contributed by atoms with van der Waals surface area (Å²) in [6.07, 6.45) is 4.58. The first-order chi connectivity index (χ1) is 13.1. The van der Waals surface area contributed by atoms with Crippen molar-refractivity contribution in [2.45, 2.75) is 59.8 Å². The van der Waals surface area contributed by atoms with E-state index in [1.54, 1.807) is 0 Å². The van der Waals surface area contributed by atoms with E-state index < -0.39 is 0 Å². The third kappa shape index (κ3) is 3.74. The highest BCUT2D eigenvalue weighted by atomic mass is 14.9. The van der Waals surface area contributed by atoms with Crippen LogP contribution in [-0.4, -0.2) is 4.57 Å². The van der Waals surface area contributed by atoms with Gasteiger partial charge in [-0.2, -0.15) is 0 Å². The Morgan fingerprint density at radius 1 is 0.852 bits per heavy atom. The summed E-state index contributed by atoms with van der Waals surface area (Å²) in [4.78, 5) is 0. The van der Waals surface area contributed by atoms with E-state index in [1.165, 1.54) is 33.5 Å². The molecule has 1 unspecified atom stereocenters. The molecule has 2 aromatic carbocycles. The number of benzene rings is 2. The van der Waals surface area contributed by atoms with Crippen LogP contribution in [0.4, 0.5) is 0 Å². The molecule has 3 aromatic rings. The molecule has 0 spiro atoms. The molecule has 27 heavy (non-hydrogen) atoms. The van der Waals surface area contributed by atoms with Crippen molar-refractivity contribution in [2.75, 3.05) is 0 Å². The summed E-state index contributed by atoms with van der Waals surface area (Å²) < 4.78 is 2.31. The second kappa shape index (κ2) is 9.08. The lowest BCUT2D eigenvalue weighted by Crippen LogP contribution is -2.28. The van der Waals surface area contributed by atoms with Crippen LogP contribution in [0.2, 0.25) is 0 Å². The largest absolute Gasteiger partial charge is 0.350 e. The maximum atomic E-state index is 2.41. The van der Waals surface area contributed by atoms with Crippen LogP contribution in [0.3, 0.4) is 0 Å². The molecule has 4 rings (SSSR count). The van der Waals surface area contributed by atoms with Gasteiger partial charge in [0.15, 0.2) is 0 Å². The third-order valence-electron chi connectivity index (χ3n) is 5.55. The smallest absolute Gasteiger partial charge is 0.0519 e. The average Bonchev–Trinajstić information content (AvgIpc) is 3.08. The minimum absolute atomic E-state index is 0.217.